The maximum atomic E-state index is 4.66. The predicted molar refractivity (Wildman–Crippen MR) is 83.0 cm³/mol. The third-order valence-electron chi connectivity index (χ3n) is 4.55. The molecule has 1 aromatic heterocycles. The molecule has 2 fully saturated rings. The van der Waals surface area contributed by atoms with Gasteiger partial charge in [-0.25, -0.2) is 4.98 Å². The number of aromatic nitrogens is 1. The fourth-order valence-corrected chi connectivity index (χ4v) is 3.34. The van der Waals surface area contributed by atoms with Crippen LogP contribution in [0.4, 0.5) is 5.82 Å². The minimum Gasteiger partial charge on any atom is -0.354 e. The van der Waals surface area contributed by atoms with Crippen LogP contribution >= 0.6 is 0 Å². The third kappa shape index (κ3) is 3.13. The van der Waals surface area contributed by atoms with Gasteiger partial charge < -0.3 is 10.2 Å². The van der Waals surface area contributed by atoms with Crippen molar-refractivity contribution in [3.8, 4) is 0 Å². The van der Waals surface area contributed by atoms with Gasteiger partial charge in [0.25, 0.3) is 0 Å². The van der Waals surface area contributed by atoms with E-state index in [4.69, 9.17) is 0 Å². The summed E-state index contributed by atoms with van der Waals surface area (Å²) in [7, 11) is 0. The Kier molecular flexibility index (Phi) is 4.53. The molecule has 0 aromatic carbocycles. The highest BCUT2D eigenvalue weighted by molar-refractivity contribution is 5.40. The normalized spacial score (nSPS) is 23.6. The number of nitrogens with one attached hydrogen (secondary N) is 1. The largest absolute Gasteiger partial charge is 0.354 e. The molecule has 2 aliphatic heterocycles. The standard InChI is InChI=1S/C16H26N4/c1-2-17-11-14-6-7-16(18-12-14)20-10-9-19-8-4-3-5-15(19)13-20/h6-7,12,15,17H,2-5,8-11,13H2,1H3. The fraction of sp³-hybridized carbons (Fsp3) is 0.688. The smallest absolute Gasteiger partial charge is 0.128 e. The summed E-state index contributed by atoms with van der Waals surface area (Å²) in [6, 6.07) is 5.14. The van der Waals surface area contributed by atoms with Gasteiger partial charge in [-0.05, 0) is 37.6 Å². The van der Waals surface area contributed by atoms with E-state index in [9.17, 15) is 0 Å². The number of piperazine rings is 1. The average Bonchev–Trinajstić information content (AvgIpc) is 2.53. The molecule has 1 N–H and O–H groups in total. The number of hydrogen-bond donors (Lipinski definition) is 1. The van der Waals surface area contributed by atoms with E-state index in [0.29, 0.717) is 0 Å². The van der Waals surface area contributed by atoms with Crippen LogP contribution in [-0.2, 0) is 6.54 Å². The van der Waals surface area contributed by atoms with E-state index in [-0.39, 0.29) is 0 Å². The summed E-state index contributed by atoms with van der Waals surface area (Å²) in [5, 5.41) is 3.34. The van der Waals surface area contributed by atoms with Crippen molar-refractivity contribution in [2.75, 3.05) is 37.6 Å². The molecule has 0 bridgehead atoms. The molecule has 4 heteroatoms. The Balaban J connectivity index is 1.61. The van der Waals surface area contributed by atoms with Gasteiger partial charge in [0.2, 0.25) is 0 Å². The molecule has 0 saturated carbocycles. The van der Waals surface area contributed by atoms with Crippen LogP contribution in [0.3, 0.4) is 0 Å². The lowest BCUT2D eigenvalue weighted by Crippen LogP contribution is -2.55. The van der Waals surface area contributed by atoms with Gasteiger partial charge in [0.1, 0.15) is 5.82 Å². The number of fused-ring (bicyclic) bond motifs is 1. The highest BCUT2D eigenvalue weighted by Gasteiger charge is 2.29. The van der Waals surface area contributed by atoms with Crippen molar-refractivity contribution in [3.63, 3.8) is 0 Å². The third-order valence-corrected chi connectivity index (χ3v) is 4.55. The summed E-state index contributed by atoms with van der Waals surface area (Å²) < 4.78 is 0. The Morgan fingerprint density at radius 2 is 2.20 bits per heavy atom. The first-order chi connectivity index (χ1) is 9.86. The van der Waals surface area contributed by atoms with Gasteiger partial charge in [-0.2, -0.15) is 0 Å². The van der Waals surface area contributed by atoms with E-state index in [2.05, 4.69) is 39.2 Å². The van der Waals surface area contributed by atoms with Gasteiger partial charge in [0, 0.05) is 38.4 Å². The first-order valence-electron chi connectivity index (χ1n) is 8.01. The summed E-state index contributed by atoms with van der Waals surface area (Å²) >= 11 is 0. The second kappa shape index (κ2) is 6.55. The van der Waals surface area contributed by atoms with Gasteiger partial charge >= 0.3 is 0 Å². The second-order valence-electron chi connectivity index (χ2n) is 5.94. The highest BCUT2D eigenvalue weighted by Crippen LogP contribution is 2.23. The molecule has 1 unspecified atom stereocenters. The first kappa shape index (κ1) is 13.8. The lowest BCUT2D eigenvalue weighted by atomic mass is 9.99. The Labute approximate surface area is 122 Å². The number of rotatable bonds is 4. The molecular weight excluding hydrogens is 248 g/mol. The van der Waals surface area contributed by atoms with Gasteiger partial charge in [-0.3, -0.25) is 4.90 Å². The zero-order valence-electron chi connectivity index (χ0n) is 12.5. The topological polar surface area (TPSA) is 31.4 Å². The van der Waals surface area contributed by atoms with Crippen LogP contribution in [0.1, 0.15) is 31.7 Å². The van der Waals surface area contributed by atoms with Crippen molar-refractivity contribution in [2.45, 2.75) is 38.8 Å². The van der Waals surface area contributed by atoms with Crippen molar-refractivity contribution < 1.29 is 0 Å². The van der Waals surface area contributed by atoms with Gasteiger partial charge in [0.05, 0.1) is 0 Å². The number of hydrogen-bond acceptors (Lipinski definition) is 4. The van der Waals surface area contributed by atoms with Crippen LogP contribution < -0.4 is 10.2 Å². The summed E-state index contributed by atoms with van der Waals surface area (Å²) in [4.78, 5) is 9.79. The molecule has 1 aromatic rings. The van der Waals surface area contributed by atoms with Gasteiger partial charge in [0.15, 0.2) is 0 Å². The maximum Gasteiger partial charge on any atom is 0.128 e. The molecule has 20 heavy (non-hydrogen) atoms. The predicted octanol–water partition coefficient (Wildman–Crippen LogP) is 1.87. The molecule has 0 aliphatic carbocycles. The Hall–Kier alpha value is -1.13. The average molecular weight is 274 g/mol. The van der Waals surface area contributed by atoms with Crippen molar-refractivity contribution in [2.24, 2.45) is 0 Å². The van der Waals surface area contributed by atoms with Crippen LogP contribution in [0, 0.1) is 0 Å². The van der Waals surface area contributed by atoms with E-state index in [1.165, 1.54) is 37.9 Å². The van der Waals surface area contributed by atoms with E-state index in [0.717, 1.165) is 38.0 Å². The quantitative estimate of drug-likeness (QED) is 0.908. The number of pyridine rings is 1. The molecule has 0 amide bonds. The van der Waals surface area contributed by atoms with Crippen molar-refractivity contribution >= 4 is 5.82 Å². The Bertz CT molecular complexity index is 417. The fourth-order valence-electron chi connectivity index (χ4n) is 3.34. The number of nitrogens with zero attached hydrogens (tertiary/aromatic N) is 3. The van der Waals surface area contributed by atoms with Crippen molar-refractivity contribution in [3.05, 3.63) is 23.9 Å². The maximum absolute atomic E-state index is 4.66. The van der Waals surface area contributed by atoms with Crippen LogP contribution in [0.2, 0.25) is 0 Å². The molecule has 2 aliphatic rings. The molecule has 3 rings (SSSR count). The molecule has 0 radical (unpaired) electrons. The molecule has 3 heterocycles. The van der Waals surface area contributed by atoms with Crippen LogP contribution in [0.5, 0.6) is 0 Å². The monoisotopic (exact) mass is 274 g/mol. The summed E-state index contributed by atoms with van der Waals surface area (Å²) in [5.41, 5.74) is 1.27. The lowest BCUT2D eigenvalue weighted by Gasteiger charge is -2.44. The molecule has 0 spiro atoms. The highest BCUT2D eigenvalue weighted by atomic mass is 15.3. The summed E-state index contributed by atoms with van der Waals surface area (Å²) in [5.74, 6) is 1.15. The van der Waals surface area contributed by atoms with E-state index in [1.807, 2.05) is 6.20 Å². The lowest BCUT2D eigenvalue weighted by molar-refractivity contribution is 0.133. The van der Waals surface area contributed by atoms with E-state index >= 15 is 0 Å². The molecule has 1 atom stereocenters. The summed E-state index contributed by atoms with van der Waals surface area (Å²) in [6.45, 7) is 8.83. The number of piperidine rings is 1. The Morgan fingerprint density at radius 3 is 3.00 bits per heavy atom. The second-order valence-corrected chi connectivity index (χ2v) is 5.94. The molecular formula is C16H26N4. The minimum atomic E-state index is 0.751. The van der Waals surface area contributed by atoms with Gasteiger partial charge in [-0.15, -0.1) is 0 Å². The molecule has 2 saturated heterocycles. The Morgan fingerprint density at radius 1 is 1.25 bits per heavy atom. The van der Waals surface area contributed by atoms with Crippen molar-refractivity contribution in [1.82, 2.24) is 15.2 Å². The zero-order chi connectivity index (χ0) is 13.8. The first-order valence-corrected chi connectivity index (χ1v) is 8.01. The van der Waals surface area contributed by atoms with Crippen LogP contribution in [0.15, 0.2) is 18.3 Å². The summed E-state index contributed by atoms with van der Waals surface area (Å²) in [6.07, 6.45) is 6.15. The molecule has 110 valence electrons. The SMILES string of the molecule is CCNCc1ccc(N2CCN3CCCCC3C2)nc1. The van der Waals surface area contributed by atoms with Gasteiger partial charge in [-0.1, -0.05) is 19.4 Å². The minimum absolute atomic E-state index is 0.751. The van der Waals surface area contributed by atoms with E-state index in [1.54, 1.807) is 0 Å². The molecule has 4 nitrogen and oxygen atoms in total. The van der Waals surface area contributed by atoms with Crippen LogP contribution in [-0.4, -0.2) is 48.6 Å². The zero-order valence-corrected chi connectivity index (χ0v) is 12.5. The van der Waals surface area contributed by atoms with E-state index < -0.39 is 0 Å². The van der Waals surface area contributed by atoms with Crippen molar-refractivity contribution in [1.29, 1.82) is 0 Å². The number of anilines is 1. The van der Waals surface area contributed by atoms with Crippen LogP contribution in [0.25, 0.3) is 0 Å².